The number of thiol groups is 1. The number of rotatable bonds is 13. The maximum absolute atomic E-state index is 13.1. The van der Waals surface area contributed by atoms with E-state index in [4.69, 9.17) is 5.73 Å². The van der Waals surface area contributed by atoms with E-state index in [9.17, 15) is 24.3 Å². The molecule has 4 unspecified atom stereocenters. The number of carbonyl (C=O) groups excluding carboxylic acids is 3. The highest BCUT2D eigenvalue weighted by Crippen LogP contribution is 2.08. The molecule has 0 aliphatic rings. The van der Waals surface area contributed by atoms with Crippen LogP contribution in [-0.4, -0.2) is 58.7 Å². The largest absolute Gasteiger partial charge is 0.480 e. The molecule has 0 aliphatic carbocycles. The smallest absolute Gasteiger partial charge is 0.326 e. The van der Waals surface area contributed by atoms with Gasteiger partial charge in [0, 0.05) is 12.2 Å². The molecule has 184 valence electrons. The molecule has 9 nitrogen and oxygen atoms in total. The number of carbonyl (C=O) groups is 4. The monoisotopic (exact) mass is 480 g/mol. The van der Waals surface area contributed by atoms with E-state index in [0.717, 1.165) is 5.56 Å². The van der Waals surface area contributed by atoms with Gasteiger partial charge < -0.3 is 26.8 Å². The van der Waals surface area contributed by atoms with Crippen molar-refractivity contribution in [3.05, 3.63) is 35.9 Å². The van der Waals surface area contributed by atoms with Crippen LogP contribution in [0.5, 0.6) is 0 Å². The van der Waals surface area contributed by atoms with Gasteiger partial charge in [0.2, 0.25) is 17.7 Å². The third-order valence-corrected chi connectivity index (χ3v) is 5.39. The normalized spacial score (nSPS) is 14.8. The minimum Gasteiger partial charge on any atom is -0.480 e. The van der Waals surface area contributed by atoms with E-state index in [0.29, 0.717) is 6.42 Å². The van der Waals surface area contributed by atoms with Crippen molar-refractivity contribution < 1.29 is 24.3 Å². The lowest BCUT2D eigenvalue weighted by Gasteiger charge is -2.25. The number of nitrogens with two attached hydrogens (primary N) is 1. The van der Waals surface area contributed by atoms with E-state index in [1.54, 1.807) is 13.8 Å². The average Bonchev–Trinajstić information content (AvgIpc) is 2.74. The first kappa shape index (κ1) is 28.4. The number of benzene rings is 1. The molecule has 1 rings (SSSR count). The predicted octanol–water partition coefficient (Wildman–Crippen LogP) is 0.727. The summed E-state index contributed by atoms with van der Waals surface area (Å²) in [6.07, 6.45) is 0.649. The maximum atomic E-state index is 13.1. The Labute approximate surface area is 200 Å². The summed E-state index contributed by atoms with van der Waals surface area (Å²) in [4.78, 5) is 49.7. The molecule has 0 fully saturated rings. The van der Waals surface area contributed by atoms with Gasteiger partial charge in [-0.05, 0) is 23.8 Å². The van der Waals surface area contributed by atoms with E-state index >= 15 is 0 Å². The van der Waals surface area contributed by atoms with E-state index in [1.807, 2.05) is 44.2 Å². The standard InChI is InChI=1S/C23H36N4O5S/c1-13(2)10-16(24)20(28)25-17(11-15-8-6-5-7-9-15)21(29)26-18(12-33)22(30)27-19(14(3)4)23(31)32/h5-9,13-14,16-19,33H,10-12,24H2,1-4H3,(H,25,28)(H,26,29)(H,27,30)(H,31,32). The molecule has 0 aromatic heterocycles. The fourth-order valence-corrected chi connectivity index (χ4v) is 3.44. The highest BCUT2D eigenvalue weighted by molar-refractivity contribution is 7.80. The Morgan fingerprint density at radius 1 is 0.909 bits per heavy atom. The van der Waals surface area contributed by atoms with Gasteiger partial charge in [0.25, 0.3) is 0 Å². The molecule has 0 saturated heterocycles. The summed E-state index contributed by atoms with van der Waals surface area (Å²) in [6, 6.07) is 5.18. The number of hydrogen-bond acceptors (Lipinski definition) is 6. The lowest BCUT2D eigenvalue weighted by atomic mass is 10.0. The molecule has 33 heavy (non-hydrogen) atoms. The molecule has 3 amide bonds. The fourth-order valence-electron chi connectivity index (χ4n) is 3.19. The second kappa shape index (κ2) is 13.8. The summed E-state index contributed by atoms with van der Waals surface area (Å²) in [5.41, 5.74) is 6.78. The molecule has 0 spiro atoms. The van der Waals surface area contributed by atoms with E-state index < -0.39 is 47.9 Å². The molecule has 0 heterocycles. The van der Waals surface area contributed by atoms with Gasteiger partial charge in [0.1, 0.15) is 18.1 Å². The highest BCUT2D eigenvalue weighted by Gasteiger charge is 2.31. The van der Waals surface area contributed by atoms with Gasteiger partial charge in [-0.1, -0.05) is 58.0 Å². The number of amides is 3. The Hall–Kier alpha value is -2.59. The SMILES string of the molecule is CC(C)CC(N)C(=O)NC(Cc1ccccc1)C(=O)NC(CS)C(=O)NC(C(=O)O)C(C)C. The summed E-state index contributed by atoms with van der Waals surface area (Å²) in [7, 11) is 0. The molecule has 0 radical (unpaired) electrons. The Bertz CT molecular complexity index is 803. The van der Waals surface area contributed by atoms with Crippen LogP contribution < -0.4 is 21.7 Å². The summed E-state index contributed by atoms with van der Waals surface area (Å²) >= 11 is 4.13. The van der Waals surface area contributed by atoms with Crippen molar-refractivity contribution in [1.82, 2.24) is 16.0 Å². The molecule has 0 saturated carbocycles. The number of carboxylic acids is 1. The van der Waals surface area contributed by atoms with Crippen LogP contribution in [0.1, 0.15) is 39.7 Å². The number of nitrogens with one attached hydrogen (secondary N) is 3. The quantitative estimate of drug-likeness (QED) is 0.229. The summed E-state index contributed by atoms with van der Waals surface area (Å²) in [6.45, 7) is 7.22. The number of aliphatic carboxylic acids is 1. The van der Waals surface area contributed by atoms with Gasteiger partial charge in [-0.2, -0.15) is 12.6 Å². The first-order chi connectivity index (χ1) is 15.5. The van der Waals surface area contributed by atoms with Crippen molar-refractivity contribution in [2.24, 2.45) is 17.6 Å². The molecule has 6 N–H and O–H groups in total. The van der Waals surface area contributed by atoms with Crippen LogP contribution in [0.15, 0.2) is 30.3 Å². The Balaban J connectivity index is 2.98. The first-order valence-electron chi connectivity index (χ1n) is 11.0. The van der Waals surface area contributed by atoms with Gasteiger partial charge in [-0.25, -0.2) is 4.79 Å². The highest BCUT2D eigenvalue weighted by atomic mass is 32.1. The van der Waals surface area contributed by atoms with E-state index in [2.05, 4.69) is 28.6 Å². The third-order valence-electron chi connectivity index (χ3n) is 5.02. The van der Waals surface area contributed by atoms with Crippen molar-refractivity contribution in [3.63, 3.8) is 0 Å². The Morgan fingerprint density at radius 3 is 1.94 bits per heavy atom. The minimum absolute atomic E-state index is 0.0547. The Kier molecular flexibility index (Phi) is 11.9. The predicted molar refractivity (Wildman–Crippen MR) is 130 cm³/mol. The van der Waals surface area contributed by atoms with Gasteiger partial charge in [-0.3, -0.25) is 14.4 Å². The number of hydrogen-bond donors (Lipinski definition) is 6. The zero-order valence-corrected chi connectivity index (χ0v) is 20.5. The maximum Gasteiger partial charge on any atom is 0.326 e. The van der Waals surface area contributed by atoms with Crippen LogP contribution in [-0.2, 0) is 25.6 Å². The zero-order chi connectivity index (χ0) is 25.1. The second-order valence-electron chi connectivity index (χ2n) is 8.80. The van der Waals surface area contributed by atoms with Crippen LogP contribution in [0.25, 0.3) is 0 Å². The molecule has 0 aliphatic heterocycles. The third kappa shape index (κ3) is 9.83. The zero-order valence-electron chi connectivity index (χ0n) is 19.6. The molecular weight excluding hydrogens is 444 g/mol. The molecule has 4 atom stereocenters. The lowest BCUT2D eigenvalue weighted by molar-refractivity contribution is -0.143. The van der Waals surface area contributed by atoms with Crippen molar-refractivity contribution in [1.29, 1.82) is 0 Å². The molecule has 1 aromatic carbocycles. The molecular formula is C23H36N4O5S. The van der Waals surface area contributed by atoms with E-state index in [-0.39, 0.29) is 24.0 Å². The van der Waals surface area contributed by atoms with Crippen LogP contribution >= 0.6 is 12.6 Å². The first-order valence-corrected chi connectivity index (χ1v) is 11.6. The minimum atomic E-state index is -1.17. The summed E-state index contributed by atoms with van der Waals surface area (Å²) in [5, 5.41) is 17.0. The van der Waals surface area contributed by atoms with Crippen LogP contribution in [0.2, 0.25) is 0 Å². The van der Waals surface area contributed by atoms with Gasteiger partial charge >= 0.3 is 5.97 Å². The summed E-state index contributed by atoms with van der Waals surface area (Å²) in [5.74, 6) is -3.09. The van der Waals surface area contributed by atoms with Gasteiger partial charge in [0.15, 0.2) is 0 Å². The van der Waals surface area contributed by atoms with Crippen molar-refractivity contribution in [2.45, 2.75) is 64.7 Å². The van der Waals surface area contributed by atoms with Crippen LogP contribution in [0.4, 0.5) is 0 Å². The molecule has 10 heteroatoms. The topological polar surface area (TPSA) is 151 Å². The summed E-state index contributed by atoms with van der Waals surface area (Å²) < 4.78 is 0. The lowest BCUT2D eigenvalue weighted by Crippen LogP contribution is -2.58. The second-order valence-corrected chi connectivity index (χ2v) is 9.16. The van der Waals surface area contributed by atoms with Crippen molar-refractivity contribution in [2.75, 3.05) is 5.75 Å². The molecule has 0 bridgehead atoms. The van der Waals surface area contributed by atoms with Crippen molar-refractivity contribution >= 4 is 36.3 Å². The average molecular weight is 481 g/mol. The number of carboxylic acid groups (broad SMARTS) is 1. The van der Waals surface area contributed by atoms with Crippen molar-refractivity contribution in [3.8, 4) is 0 Å². The Morgan fingerprint density at radius 2 is 1.45 bits per heavy atom. The fraction of sp³-hybridized carbons (Fsp3) is 0.565. The van der Waals surface area contributed by atoms with Crippen LogP contribution in [0.3, 0.4) is 0 Å². The van der Waals surface area contributed by atoms with Gasteiger partial charge in [-0.15, -0.1) is 0 Å². The van der Waals surface area contributed by atoms with Crippen LogP contribution in [0, 0.1) is 11.8 Å². The van der Waals surface area contributed by atoms with E-state index in [1.165, 1.54) is 0 Å². The molecule has 1 aromatic rings. The van der Waals surface area contributed by atoms with Gasteiger partial charge in [0.05, 0.1) is 6.04 Å².